The van der Waals surface area contributed by atoms with Gasteiger partial charge in [0.05, 0.1) is 12.3 Å². The fraction of sp³-hybridized carbons (Fsp3) is 0.292. The molecule has 0 bridgehead atoms. The lowest BCUT2D eigenvalue weighted by Gasteiger charge is -2.21. The third-order valence-corrected chi connectivity index (χ3v) is 14.3. The zero-order valence-electron chi connectivity index (χ0n) is 49.7. The number of carbonyl (C=O) groups excluding carboxylic acids is 3. The monoisotopic (exact) mass is 1410 g/mol. The van der Waals surface area contributed by atoms with E-state index < -0.39 is 29.3 Å². The molecule has 3 atom stereocenters. The van der Waals surface area contributed by atoms with Crippen LogP contribution in [-0.2, 0) is 23.8 Å². The lowest BCUT2D eigenvalue weighted by molar-refractivity contribution is -0.157. The first-order valence-corrected chi connectivity index (χ1v) is 30.4. The average Bonchev–Trinajstić information content (AvgIpc) is 1.96. The summed E-state index contributed by atoms with van der Waals surface area (Å²) in [5.41, 5.74) is 22.6. The molecule has 8 aromatic rings. The number of aliphatic imine (C=N–C) groups is 2. The molecule has 3 aliphatic heterocycles. The van der Waals surface area contributed by atoms with Crippen molar-refractivity contribution in [1.29, 1.82) is 0 Å². The molecule has 90 heavy (non-hydrogen) atoms. The summed E-state index contributed by atoms with van der Waals surface area (Å²) in [6, 6.07) is 29.1. The standard InChI is InChI=1S/C18H19ClN4O2.C17H17ClN4O2.C10H8BrNO.C9H5BrO2S.C5H10N2.C4H9NO.2CH4/c1-10-7-14(23-17(19)21-10)22-12-5-6-13-11(8-12)9-20-15(13)16(24)25-18(2,3)4;1-17(2,3)24-15(23)14-12-5-4-11(8-10(12)9-20-14)21-13-6-7-19-16(18)22-13;1-6(13)9-4-7-2-3-8(11)5-10(7)12-9;10-6-2-1-5-3-8(9(11)12)13-7(5)4-6;1-2-3-5(7)4-6;5-4-1-2-6-3-4;;/h5-9,15H,1-4H3,(H,21,22,23);4-9,14H,1-3H3,(H,19,21,22);2-5,12H,1H3;1-4H,(H,11,12);2-4H,6-7H2,1H3;4H,1-3,5H2;2*1H4/b;;;;3-2-,5-4+;;;. The van der Waals surface area contributed by atoms with Gasteiger partial charge in [0.15, 0.2) is 17.9 Å². The molecule has 1 fully saturated rings. The molecule has 7 heterocycles. The molecule has 0 spiro atoms. The number of nitrogens with zero attached hydrogens (tertiary/aromatic N) is 6. The Bertz CT molecular complexity index is 3800. The number of carboxylic acid groups (broad SMARTS) is 1. The summed E-state index contributed by atoms with van der Waals surface area (Å²) < 4.78 is 18.8. The van der Waals surface area contributed by atoms with Gasteiger partial charge in [-0.2, -0.15) is 0 Å². The number of hydrogen-bond donors (Lipinski definition) is 7. The highest BCUT2D eigenvalue weighted by atomic mass is 79.9. The van der Waals surface area contributed by atoms with E-state index in [4.69, 9.17) is 59.7 Å². The molecule has 25 heteroatoms. The van der Waals surface area contributed by atoms with Crippen LogP contribution >= 0.6 is 66.4 Å². The van der Waals surface area contributed by atoms with Crippen LogP contribution < -0.4 is 27.8 Å². The van der Waals surface area contributed by atoms with Crippen molar-refractivity contribution in [3.8, 4) is 0 Å². The number of carbonyl (C=O) groups is 4. The molecule has 0 radical (unpaired) electrons. The Kier molecular flexibility index (Phi) is 28.4. The van der Waals surface area contributed by atoms with Gasteiger partial charge in [-0.3, -0.25) is 14.8 Å². The van der Waals surface area contributed by atoms with E-state index in [1.165, 1.54) is 17.5 Å². The van der Waals surface area contributed by atoms with Gasteiger partial charge < -0.3 is 52.1 Å². The Balaban J connectivity index is 0.000000245. The first kappa shape index (κ1) is 74.6. The highest BCUT2D eigenvalue weighted by Crippen LogP contribution is 2.34. The molecule has 1 saturated heterocycles. The summed E-state index contributed by atoms with van der Waals surface area (Å²) in [6.45, 7) is 17.9. The third-order valence-electron chi connectivity index (χ3n) is 11.9. The number of rotatable bonds is 9. The molecule has 4 aromatic carbocycles. The number of hydrogen-bond acceptors (Lipinski definition) is 19. The lowest BCUT2D eigenvalue weighted by Crippen LogP contribution is -2.26. The number of ketones is 1. The second-order valence-electron chi connectivity index (χ2n) is 21.6. The maximum Gasteiger partial charge on any atom is 0.345 e. The van der Waals surface area contributed by atoms with E-state index >= 15 is 0 Å². The minimum atomic E-state index is -0.864. The third kappa shape index (κ3) is 23.5. The predicted octanol–water partition coefficient (Wildman–Crippen LogP) is 15.5. The van der Waals surface area contributed by atoms with Gasteiger partial charge in [0, 0.05) is 109 Å². The number of aromatic carboxylic acids is 1. The van der Waals surface area contributed by atoms with E-state index in [1.807, 2.05) is 140 Å². The number of aromatic nitrogens is 5. The highest BCUT2D eigenvalue weighted by molar-refractivity contribution is 9.10. The molecular weight excluding hydrogens is 1340 g/mol. The molecule has 478 valence electrons. The van der Waals surface area contributed by atoms with Crippen molar-refractivity contribution in [1.82, 2.24) is 24.9 Å². The normalized spacial score (nSPS) is 15.0. The van der Waals surface area contributed by atoms with Gasteiger partial charge in [0.25, 0.3) is 0 Å². The minimum absolute atomic E-state index is 0. The molecule has 0 aliphatic carbocycles. The summed E-state index contributed by atoms with van der Waals surface area (Å²) in [7, 11) is 0. The maximum atomic E-state index is 12.3. The number of aromatic amines is 1. The van der Waals surface area contributed by atoms with Crippen molar-refractivity contribution in [2.45, 2.75) is 113 Å². The maximum absolute atomic E-state index is 12.3. The molecule has 0 saturated carbocycles. The fourth-order valence-corrected chi connectivity index (χ4v) is 10.3. The van der Waals surface area contributed by atoms with Gasteiger partial charge in [-0.25, -0.2) is 34.3 Å². The molecule has 3 aliphatic rings. The van der Waals surface area contributed by atoms with Crippen molar-refractivity contribution in [3.05, 3.63) is 185 Å². The van der Waals surface area contributed by atoms with Crippen LogP contribution in [-0.4, -0.2) is 96.6 Å². The second-order valence-corrected chi connectivity index (χ2v) is 25.2. The number of aryl methyl sites for hydroxylation is 1. The van der Waals surface area contributed by atoms with Gasteiger partial charge in [-0.15, -0.1) is 11.3 Å². The molecule has 11 rings (SSSR count). The SMILES string of the molecule is C.C.C/C=C\C(N)=C/N.CC(=O)c1cc2ccc(Br)cc2[nH]1.CC(C)(C)OC(=O)C1N=Cc2cc(Nc3ccnc(Cl)n3)ccc21.Cc1cc(Nc2ccc3c(c2)C=NC3C(=O)OC(C)(C)C)nc(Cl)n1.NC1CCOC1.O=C(O)c1cc2ccc(Br)cc2s1. The van der Waals surface area contributed by atoms with E-state index in [1.54, 1.807) is 49.8 Å². The number of nitrogens with two attached hydrogens (primary N) is 3. The zero-order valence-corrected chi connectivity index (χ0v) is 55.2. The number of nitrogens with one attached hydrogen (secondary N) is 3. The minimum Gasteiger partial charge on any atom is -0.477 e. The number of Topliss-reactive ketones (excluding diaryl/α,β-unsaturated/α-hetero) is 1. The molecule has 4 aromatic heterocycles. The van der Waals surface area contributed by atoms with Crippen LogP contribution in [0.5, 0.6) is 0 Å². The second kappa shape index (κ2) is 34.3. The van der Waals surface area contributed by atoms with Crippen LogP contribution in [0.3, 0.4) is 0 Å². The van der Waals surface area contributed by atoms with Gasteiger partial charge in [0.1, 0.15) is 27.7 Å². The lowest BCUT2D eigenvalue weighted by atomic mass is 10.0. The Morgan fingerprint density at radius 3 is 1.78 bits per heavy atom. The first-order valence-electron chi connectivity index (χ1n) is 27.3. The van der Waals surface area contributed by atoms with E-state index in [-0.39, 0.29) is 43.1 Å². The van der Waals surface area contributed by atoms with Crippen LogP contribution in [0.15, 0.2) is 146 Å². The number of anilines is 4. The molecular formula is C65H76Br2Cl2N12O8S. The summed E-state index contributed by atoms with van der Waals surface area (Å²) in [5.74, 6) is -0.295. The van der Waals surface area contributed by atoms with Gasteiger partial charge >= 0.3 is 17.9 Å². The van der Waals surface area contributed by atoms with E-state index in [2.05, 4.69) is 77.4 Å². The van der Waals surface area contributed by atoms with Crippen LogP contribution in [0.1, 0.15) is 137 Å². The van der Waals surface area contributed by atoms with E-state index in [0.29, 0.717) is 33.9 Å². The van der Waals surface area contributed by atoms with Gasteiger partial charge in [-0.05, 0) is 174 Å². The number of H-pyrrole nitrogens is 1. The summed E-state index contributed by atoms with van der Waals surface area (Å²) in [5, 5.41) is 17.5. The number of fused-ring (bicyclic) bond motifs is 4. The largest absolute Gasteiger partial charge is 0.477 e. The number of ether oxygens (including phenoxy) is 3. The summed E-state index contributed by atoms with van der Waals surface area (Å²) >= 11 is 19.7. The first-order chi connectivity index (χ1) is 41.6. The molecule has 0 amide bonds. The quantitative estimate of drug-likeness (QED) is 0.0306. The number of halogens is 4. The van der Waals surface area contributed by atoms with Crippen molar-refractivity contribution < 1.29 is 38.5 Å². The van der Waals surface area contributed by atoms with Crippen LogP contribution in [0.2, 0.25) is 10.6 Å². The van der Waals surface area contributed by atoms with Crippen molar-refractivity contribution in [2.24, 2.45) is 27.2 Å². The van der Waals surface area contributed by atoms with Crippen LogP contribution in [0.4, 0.5) is 23.0 Å². The molecule has 10 N–H and O–H groups in total. The zero-order chi connectivity index (χ0) is 64.5. The summed E-state index contributed by atoms with van der Waals surface area (Å²) in [6.07, 6.45) is 10.9. The number of esters is 2. The van der Waals surface area contributed by atoms with Crippen molar-refractivity contribution in [3.63, 3.8) is 0 Å². The summed E-state index contributed by atoms with van der Waals surface area (Å²) in [4.78, 5) is 74.4. The van der Waals surface area contributed by atoms with Gasteiger partial charge in [-0.1, -0.05) is 77.1 Å². The fourth-order valence-electron chi connectivity index (χ4n) is 8.08. The van der Waals surface area contributed by atoms with Crippen molar-refractivity contribution in [2.75, 3.05) is 23.8 Å². The number of allylic oxidation sites excluding steroid dienone is 2. The Hall–Kier alpha value is -7.90. The number of benzene rings is 4. The smallest absolute Gasteiger partial charge is 0.345 e. The predicted molar refractivity (Wildman–Crippen MR) is 371 cm³/mol. The molecule has 3 unspecified atom stereocenters. The number of thiophene rings is 1. The van der Waals surface area contributed by atoms with Crippen LogP contribution in [0, 0.1) is 6.92 Å². The van der Waals surface area contributed by atoms with E-state index in [9.17, 15) is 19.2 Å². The van der Waals surface area contributed by atoms with Crippen LogP contribution in [0.25, 0.3) is 21.0 Å². The molecule has 20 nitrogen and oxygen atoms in total. The van der Waals surface area contributed by atoms with E-state index in [0.717, 1.165) is 88.9 Å². The number of carboxylic acids is 1. The van der Waals surface area contributed by atoms with Crippen molar-refractivity contribution >= 4 is 147 Å². The Labute approximate surface area is 555 Å². The average molecular weight is 1420 g/mol. The van der Waals surface area contributed by atoms with Gasteiger partial charge in [0.2, 0.25) is 10.6 Å². The highest BCUT2D eigenvalue weighted by Gasteiger charge is 2.32. The Morgan fingerprint density at radius 1 is 0.756 bits per heavy atom. The topological polar surface area (TPSA) is 310 Å². The Morgan fingerprint density at radius 2 is 1.31 bits per heavy atom.